The molecule has 0 saturated carbocycles. The fourth-order valence-corrected chi connectivity index (χ4v) is 2.74. The molecule has 1 aromatic heterocycles. The van der Waals surface area contributed by atoms with E-state index in [2.05, 4.69) is 29.5 Å². The van der Waals surface area contributed by atoms with E-state index >= 15 is 0 Å². The van der Waals surface area contributed by atoms with Gasteiger partial charge in [0.25, 0.3) is 0 Å². The molecule has 0 aliphatic heterocycles. The summed E-state index contributed by atoms with van der Waals surface area (Å²) in [5.74, 6) is 2.22. The number of benzene rings is 2. The van der Waals surface area contributed by atoms with Gasteiger partial charge in [0, 0.05) is 0 Å². The Balaban J connectivity index is 1.86. The van der Waals surface area contributed by atoms with Gasteiger partial charge >= 0.3 is 0 Å². The van der Waals surface area contributed by atoms with E-state index in [1.165, 1.54) is 0 Å². The molecule has 0 amide bonds. The molecule has 3 aromatic rings. The van der Waals surface area contributed by atoms with Crippen LogP contribution in [0, 0.1) is 6.92 Å². The molecule has 1 heterocycles. The molecule has 0 aliphatic carbocycles. The molecule has 4 nitrogen and oxygen atoms in total. The number of aryl methyl sites for hydroxylation is 1. The first-order chi connectivity index (χ1) is 11.6. The SMILES string of the molecule is C=CCc1ccc(O[C@@H](C)c2nc3c(C)cccc3[nH]2)c(OC)c1. The molecule has 0 bridgehead atoms. The van der Waals surface area contributed by atoms with Gasteiger partial charge < -0.3 is 14.5 Å². The maximum atomic E-state index is 6.08. The van der Waals surface area contributed by atoms with E-state index in [4.69, 9.17) is 9.47 Å². The zero-order chi connectivity index (χ0) is 17.1. The highest BCUT2D eigenvalue weighted by Crippen LogP contribution is 2.32. The van der Waals surface area contributed by atoms with E-state index in [0.717, 1.165) is 34.4 Å². The maximum absolute atomic E-state index is 6.08. The zero-order valence-corrected chi connectivity index (χ0v) is 14.3. The Labute approximate surface area is 142 Å². The molecule has 0 unspecified atom stereocenters. The van der Waals surface area contributed by atoms with Crippen LogP contribution in [0.25, 0.3) is 11.0 Å². The molecule has 24 heavy (non-hydrogen) atoms. The number of aromatic amines is 1. The number of fused-ring (bicyclic) bond motifs is 1. The highest BCUT2D eigenvalue weighted by atomic mass is 16.5. The number of hydrogen-bond donors (Lipinski definition) is 1. The molecule has 0 spiro atoms. The van der Waals surface area contributed by atoms with Gasteiger partial charge in [-0.1, -0.05) is 24.3 Å². The van der Waals surface area contributed by atoms with Crippen LogP contribution in [0.2, 0.25) is 0 Å². The monoisotopic (exact) mass is 322 g/mol. The molecule has 0 saturated heterocycles. The largest absolute Gasteiger partial charge is 0.493 e. The van der Waals surface area contributed by atoms with Crippen molar-refractivity contribution in [3.05, 3.63) is 66.0 Å². The second-order valence-corrected chi connectivity index (χ2v) is 5.83. The minimum atomic E-state index is -0.212. The van der Waals surface area contributed by atoms with Crippen LogP contribution in [-0.2, 0) is 6.42 Å². The number of nitrogens with zero attached hydrogens (tertiary/aromatic N) is 1. The second-order valence-electron chi connectivity index (χ2n) is 5.83. The van der Waals surface area contributed by atoms with Crippen molar-refractivity contribution in [1.82, 2.24) is 9.97 Å². The predicted molar refractivity (Wildman–Crippen MR) is 96.8 cm³/mol. The van der Waals surface area contributed by atoms with Crippen LogP contribution in [0.1, 0.15) is 30.0 Å². The van der Waals surface area contributed by atoms with Crippen LogP contribution in [-0.4, -0.2) is 17.1 Å². The number of nitrogens with one attached hydrogen (secondary N) is 1. The van der Waals surface area contributed by atoms with Crippen molar-refractivity contribution in [2.45, 2.75) is 26.4 Å². The summed E-state index contributed by atoms with van der Waals surface area (Å²) in [4.78, 5) is 8.01. The summed E-state index contributed by atoms with van der Waals surface area (Å²) in [5, 5.41) is 0. The smallest absolute Gasteiger partial charge is 0.162 e. The molecule has 1 atom stereocenters. The lowest BCUT2D eigenvalue weighted by atomic mass is 10.1. The Bertz CT molecular complexity index is 867. The van der Waals surface area contributed by atoms with E-state index in [9.17, 15) is 0 Å². The third-order valence-corrected chi connectivity index (χ3v) is 4.03. The van der Waals surface area contributed by atoms with Crippen molar-refractivity contribution in [3.8, 4) is 11.5 Å². The summed E-state index contributed by atoms with van der Waals surface area (Å²) in [6.45, 7) is 7.80. The Morgan fingerprint density at radius 3 is 2.79 bits per heavy atom. The Hall–Kier alpha value is -2.75. The Kier molecular flexibility index (Phi) is 4.56. The fourth-order valence-electron chi connectivity index (χ4n) is 2.74. The average molecular weight is 322 g/mol. The van der Waals surface area contributed by atoms with Gasteiger partial charge in [0.2, 0.25) is 0 Å². The van der Waals surface area contributed by atoms with Gasteiger partial charge in [-0.2, -0.15) is 0 Å². The summed E-state index contributed by atoms with van der Waals surface area (Å²) in [7, 11) is 1.65. The average Bonchev–Trinajstić information content (AvgIpc) is 3.02. The minimum Gasteiger partial charge on any atom is -0.493 e. The molecule has 4 heteroatoms. The van der Waals surface area contributed by atoms with Gasteiger partial charge in [-0.05, 0) is 49.6 Å². The first-order valence-corrected chi connectivity index (χ1v) is 8.02. The number of imidazole rings is 1. The Morgan fingerprint density at radius 1 is 1.25 bits per heavy atom. The van der Waals surface area contributed by atoms with Gasteiger partial charge in [0.05, 0.1) is 18.1 Å². The molecular weight excluding hydrogens is 300 g/mol. The van der Waals surface area contributed by atoms with Crippen molar-refractivity contribution in [2.75, 3.05) is 7.11 Å². The van der Waals surface area contributed by atoms with E-state index in [0.29, 0.717) is 11.5 Å². The third kappa shape index (κ3) is 3.13. The first kappa shape index (κ1) is 16.1. The summed E-state index contributed by atoms with van der Waals surface area (Å²) in [6, 6.07) is 12.0. The molecule has 0 aliphatic rings. The number of H-pyrrole nitrogens is 1. The van der Waals surface area contributed by atoms with Crippen LogP contribution in [0.3, 0.4) is 0 Å². The van der Waals surface area contributed by atoms with Crippen molar-refractivity contribution < 1.29 is 9.47 Å². The zero-order valence-electron chi connectivity index (χ0n) is 14.3. The van der Waals surface area contributed by atoms with Crippen molar-refractivity contribution in [1.29, 1.82) is 0 Å². The number of methoxy groups -OCH3 is 1. The Morgan fingerprint density at radius 2 is 2.08 bits per heavy atom. The van der Waals surface area contributed by atoms with Gasteiger partial charge in [-0.25, -0.2) is 4.98 Å². The molecule has 0 radical (unpaired) electrons. The van der Waals surface area contributed by atoms with Gasteiger partial charge in [-0.3, -0.25) is 0 Å². The predicted octanol–water partition coefficient (Wildman–Crippen LogP) is 4.75. The topological polar surface area (TPSA) is 47.1 Å². The standard InChI is InChI=1S/C20H22N2O2/c1-5-7-15-10-11-17(18(12-15)23-4)24-14(3)20-21-16-9-6-8-13(2)19(16)22-20/h5-6,8-12,14H,1,7H2,2-4H3,(H,21,22)/t14-/m0/s1. The van der Waals surface area contributed by atoms with Gasteiger partial charge in [0.15, 0.2) is 17.6 Å². The van der Waals surface area contributed by atoms with Crippen LogP contribution in [0.4, 0.5) is 0 Å². The normalized spacial score (nSPS) is 12.1. The number of ether oxygens (including phenoxy) is 2. The lowest BCUT2D eigenvalue weighted by Gasteiger charge is -2.16. The molecule has 124 valence electrons. The molecule has 2 aromatic carbocycles. The summed E-state index contributed by atoms with van der Waals surface area (Å²) < 4.78 is 11.5. The summed E-state index contributed by atoms with van der Waals surface area (Å²) in [6.07, 6.45) is 2.46. The molecular formula is C20H22N2O2. The molecule has 1 N–H and O–H groups in total. The minimum absolute atomic E-state index is 0.212. The van der Waals surface area contributed by atoms with Crippen molar-refractivity contribution >= 4 is 11.0 Å². The van der Waals surface area contributed by atoms with Gasteiger partial charge in [-0.15, -0.1) is 6.58 Å². The van der Waals surface area contributed by atoms with E-state index in [1.54, 1.807) is 7.11 Å². The number of aromatic nitrogens is 2. The van der Waals surface area contributed by atoms with Crippen molar-refractivity contribution in [2.24, 2.45) is 0 Å². The van der Waals surface area contributed by atoms with E-state index in [-0.39, 0.29) is 6.10 Å². The lowest BCUT2D eigenvalue weighted by Crippen LogP contribution is -2.06. The van der Waals surface area contributed by atoms with Crippen LogP contribution >= 0.6 is 0 Å². The van der Waals surface area contributed by atoms with Gasteiger partial charge in [0.1, 0.15) is 5.82 Å². The number of rotatable bonds is 6. The van der Waals surface area contributed by atoms with E-state index < -0.39 is 0 Å². The number of hydrogen-bond acceptors (Lipinski definition) is 3. The lowest BCUT2D eigenvalue weighted by molar-refractivity contribution is 0.208. The second kappa shape index (κ2) is 6.79. The van der Waals surface area contributed by atoms with Crippen LogP contribution in [0.5, 0.6) is 11.5 Å². The fraction of sp³-hybridized carbons (Fsp3) is 0.250. The molecule has 3 rings (SSSR count). The van der Waals surface area contributed by atoms with E-state index in [1.807, 2.05) is 43.3 Å². The maximum Gasteiger partial charge on any atom is 0.162 e. The van der Waals surface area contributed by atoms with Crippen LogP contribution < -0.4 is 9.47 Å². The quantitative estimate of drug-likeness (QED) is 0.666. The highest BCUT2D eigenvalue weighted by Gasteiger charge is 2.16. The summed E-state index contributed by atoms with van der Waals surface area (Å²) >= 11 is 0. The highest BCUT2D eigenvalue weighted by molar-refractivity contribution is 5.78. The van der Waals surface area contributed by atoms with Crippen molar-refractivity contribution in [3.63, 3.8) is 0 Å². The third-order valence-electron chi connectivity index (χ3n) is 4.03. The number of para-hydroxylation sites is 1. The van der Waals surface area contributed by atoms with Crippen LogP contribution in [0.15, 0.2) is 49.1 Å². The molecule has 0 fully saturated rings. The first-order valence-electron chi connectivity index (χ1n) is 8.02. The number of allylic oxidation sites excluding steroid dienone is 1. The summed E-state index contributed by atoms with van der Waals surface area (Å²) in [5.41, 5.74) is 4.29.